The first-order chi connectivity index (χ1) is 7.34. The normalized spacial score (nSPS) is 9.24. The molecule has 0 aliphatic rings. The Morgan fingerprint density at radius 2 is 1.24 bits per heavy atom. The first kappa shape index (κ1) is 14.7. The Hall–Kier alpha value is -2.29. The van der Waals surface area contributed by atoms with E-state index in [1.165, 1.54) is 6.92 Å². The van der Waals surface area contributed by atoms with Gasteiger partial charge in [-0.1, -0.05) is 0 Å². The summed E-state index contributed by atoms with van der Waals surface area (Å²) in [5.74, 6) is 0. The van der Waals surface area contributed by atoms with Crippen molar-refractivity contribution in [1.29, 1.82) is 0 Å². The third-order valence-corrected chi connectivity index (χ3v) is 1.94. The third kappa shape index (κ3) is 2.84. The Balaban J connectivity index is 0.00000256. The number of non-ortho nitro benzene ring substituents is 1. The fourth-order valence-corrected chi connectivity index (χ4v) is 1.15. The SMILES string of the molecule is Cc1c([N+](=O)[O-])cc([N+](=O)[O-])cc1[N+](=O)[O-].Cl. The van der Waals surface area contributed by atoms with Crippen molar-refractivity contribution in [3.63, 3.8) is 0 Å². The molecular weight excluding hydrogens is 258 g/mol. The van der Waals surface area contributed by atoms with E-state index in [1.807, 2.05) is 0 Å². The van der Waals surface area contributed by atoms with E-state index in [0.717, 1.165) is 0 Å². The predicted molar refractivity (Wildman–Crippen MR) is 58.4 cm³/mol. The molecule has 0 saturated heterocycles. The maximum atomic E-state index is 10.5. The molecular formula is C7H6ClN3O6. The monoisotopic (exact) mass is 263 g/mol. The van der Waals surface area contributed by atoms with Crippen molar-refractivity contribution in [2.24, 2.45) is 0 Å². The van der Waals surface area contributed by atoms with Crippen LogP contribution in [0.15, 0.2) is 12.1 Å². The number of halogens is 1. The summed E-state index contributed by atoms with van der Waals surface area (Å²) in [6, 6.07) is 1.39. The number of hydrogen-bond donors (Lipinski definition) is 0. The van der Waals surface area contributed by atoms with Gasteiger partial charge in [-0.15, -0.1) is 12.4 Å². The van der Waals surface area contributed by atoms with Gasteiger partial charge in [-0.3, -0.25) is 30.3 Å². The van der Waals surface area contributed by atoms with Crippen LogP contribution in [0.3, 0.4) is 0 Å². The summed E-state index contributed by atoms with van der Waals surface area (Å²) in [5.41, 5.74) is -2.16. The van der Waals surface area contributed by atoms with Crippen LogP contribution >= 0.6 is 12.4 Å². The predicted octanol–water partition coefficient (Wildman–Crippen LogP) is 2.14. The molecule has 1 rings (SSSR count). The van der Waals surface area contributed by atoms with Crippen LogP contribution in [0.2, 0.25) is 0 Å². The van der Waals surface area contributed by atoms with Gasteiger partial charge in [0.1, 0.15) is 5.56 Å². The highest BCUT2D eigenvalue weighted by molar-refractivity contribution is 5.85. The van der Waals surface area contributed by atoms with Gasteiger partial charge >= 0.3 is 0 Å². The molecule has 0 N–H and O–H groups in total. The van der Waals surface area contributed by atoms with Crippen LogP contribution in [0, 0.1) is 37.3 Å². The fraction of sp³-hybridized carbons (Fsp3) is 0.143. The maximum absolute atomic E-state index is 10.5. The number of nitro benzene ring substituents is 3. The van der Waals surface area contributed by atoms with E-state index in [2.05, 4.69) is 0 Å². The van der Waals surface area contributed by atoms with Crippen LogP contribution < -0.4 is 0 Å². The summed E-state index contributed by atoms with van der Waals surface area (Å²) < 4.78 is 0. The topological polar surface area (TPSA) is 129 Å². The summed E-state index contributed by atoms with van der Waals surface area (Å²) in [4.78, 5) is 28.8. The molecule has 0 amide bonds. The summed E-state index contributed by atoms with van der Waals surface area (Å²) in [7, 11) is 0. The van der Waals surface area contributed by atoms with Crippen LogP contribution in [0.25, 0.3) is 0 Å². The van der Waals surface area contributed by atoms with Gasteiger partial charge in [0, 0.05) is 0 Å². The molecule has 17 heavy (non-hydrogen) atoms. The molecule has 0 radical (unpaired) electrons. The molecule has 0 bridgehead atoms. The van der Waals surface area contributed by atoms with Crippen molar-refractivity contribution in [3.8, 4) is 0 Å². The number of benzene rings is 1. The second kappa shape index (κ2) is 5.16. The lowest BCUT2D eigenvalue weighted by molar-refractivity contribution is -0.403. The van der Waals surface area contributed by atoms with E-state index >= 15 is 0 Å². The molecule has 0 unspecified atom stereocenters. The van der Waals surface area contributed by atoms with Crippen LogP contribution in [0.1, 0.15) is 5.56 Å². The number of nitro groups is 3. The number of rotatable bonds is 3. The summed E-state index contributed by atoms with van der Waals surface area (Å²) in [5, 5.41) is 31.5. The Bertz CT molecular complexity index is 467. The summed E-state index contributed by atoms with van der Waals surface area (Å²) in [6.45, 7) is 1.17. The van der Waals surface area contributed by atoms with E-state index < -0.39 is 31.8 Å². The van der Waals surface area contributed by atoms with Gasteiger partial charge in [0.2, 0.25) is 0 Å². The summed E-state index contributed by atoms with van der Waals surface area (Å²) in [6.07, 6.45) is 0. The second-order valence-corrected chi connectivity index (χ2v) is 2.88. The molecule has 0 aliphatic heterocycles. The van der Waals surface area contributed by atoms with Crippen molar-refractivity contribution in [2.45, 2.75) is 6.92 Å². The van der Waals surface area contributed by atoms with Crippen molar-refractivity contribution in [1.82, 2.24) is 0 Å². The molecule has 0 atom stereocenters. The maximum Gasteiger partial charge on any atom is 0.286 e. The lowest BCUT2D eigenvalue weighted by Crippen LogP contribution is -2.00. The van der Waals surface area contributed by atoms with Gasteiger partial charge in [-0.05, 0) is 6.92 Å². The molecule has 0 fully saturated rings. The zero-order valence-corrected chi connectivity index (χ0v) is 9.17. The quantitative estimate of drug-likeness (QED) is 0.606. The van der Waals surface area contributed by atoms with Crippen molar-refractivity contribution in [3.05, 3.63) is 48.0 Å². The highest BCUT2D eigenvalue weighted by atomic mass is 35.5. The van der Waals surface area contributed by atoms with Crippen molar-refractivity contribution < 1.29 is 14.8 Å². The minimum absolute atomic E-state index is 0. The lowest BCUT2D eigenvalue weighted by atomic mass is 10.1. The number of hydrogen-bond acceptors (Lipinski definition) is 6. The van der Waals surface area contributed by atoms with Gasteiger partial charge in [0.25, 0.3) is 17.1 Å². The molecule has 0 aromatic heterocycles. The minimum atomic E-state index is -0.917. The zero-order chi connectivity index (χ0) is 12.5. The van der Waals surface area contributed by atoms with Crippen molar-refractivity contribution >= 4 is 29.5 Å². The molecule has 0 heterocycles. The minimum Gasteiger partial charge on any atom is -0.258 e. The van der Waals surface area contributed by atoms with Crippen molar-refractivity contribution in [2.75, 3.05) is 0 Å². The van der Waals surface area contributed by atoms with E-state index in [-0.39, 0.29) is 18.0 Å². The molecule has 0 spiro atoms. The molecule has 10 heteroatoms. The second-order valence-electron chi connectivity index (χ2n) is 2.88. The number of nitrogens with zero attached hydrogens (tertiary/aromatic N) is 3. The van der Waals surface area contributed by atoms with E-state index in [0.29, 0.717) is 12.1 Å². The molecule has 0 saturated carbocycles. The van der Waals surface area contributed by atoms with Crippen LogP contribution in [0.5, 0.6) is 0 Å². The highest BCUT2D eigenvalue weighted by Gasteiger charge is 2.27. The Labute approximate surface area is 99.9 Å². The average Bonchev–Trinajstić information content (AvgIpc) is 2.16. The van der Waals surface area contributed by atoms with Crippen LogP contribution in [-0.4, -0.2) is 14.8 Å². The van der Waals surface area contributed by atoms with Gasteiger partial charge in [-0.2, -0.15) is 0 Å². The molecule has 9 nitrogen and oxygen atoms in total. The first-order valence-corrected chi connectivity index (χ1v) is 3.92. The highest BCUT2D eigenvalue weighted by Crippen LogP contribution is 2.32. The smallest absolute Gasteiger partial charge is 0.258 e. The van der Waals surface area contributed by atoms with Crippen LogP contribution in [0.4, 0.5) is 17.1 Å². The van der Waals surface area contributed by atoms with E-state index in [4.69, 9.17) is 0 Å². The third-order valence-electron chi connectivity index (χ3n) is 1.94. The van der Waals surface area contributed by atoms with E-state index in [9.17, 15) is 30.3 Å². The van der Waals surface area contributed by atoms with Gasteiger partial charge in [0.05, 0.1) is 26.9 Å². The molecule has 0 aliphatic carbocycles. The van der Waals surface area contributed by atoms with Gasteiger partial charge in [0.15, 0.2) is 0 Å². The largest absolute Gasteiger partial charge is 0.286 e. The first-order valence-electron chi connectivity index (χ1n) is 3.92. The average molecular weight is 264 g/mol. The Morgan fingerprint density at radius 3 is 1.47 bits per heavy atom. The van der Waals surface area contributed by atoms with Crippen LogP contribution in [-0.2, 0) is 0 Å². The zero-order valence-electron chi connectivity index (χ0n) is 8.35. The lowest BCUT2D eigenvalue weighted by Gasteiger charge is -1.99. The van der Waals surface area contributed by atoms with Gasteiger partial charge < -0.3 is 0 Å². The molecule has 1 aromatic rings. The molecule has 92 valence electrons. The Morgan fingerprint density at radius 1 is 0.882 bits per heavy atom. The summed E-state index contributed by atoms with van der Waals surface area (Å²) >= 11 is 0. The fourth-order valence-electron chi connectivity index (χ4n) is 1.15. The molecule has 1 aromatic carbocycles. The standard InChI is InChI=1S/C7H5N3O6.ClH/c1-4-6(9(13)14)2-5(8(11)12)3-7(4)10(15)16;/h2-3H,1H3;1H. The Kier molecular flexibility index (Phi) is 4.47. The van der Waals surface area contributed by atoms with E-state index in [1.54, 1.807) is 0 Å². The van der Waals surface area contributed by atoms with Gasteiger partial charge in [-0.25, -0.2) is 0 Å².